The van der Waals surface area contributed by atoms with Gasteiger partial charge in [0.1, 0.15) is 5.82 Å². The molecule has 92 valence electrons. The molecular weight excluding hydrogens is 284 g/mol. The van der Waals surface area contributed by atoms with Crippen LogP contribution in [0.15, 0.2) is 10.9 Å². The van der Waals surface area contributed by atoms with Crippen molar-refractivity contribution in [1.29, 1.82) is 0 Å². The lowest BCUT2D eigenvalue weighted by molar-refractivity contribution is 0.728. The molecule has 2 heterocycles. The molecule has 5 nitrogen and oxygen atoms in total. The lowest BCUT2D eigenvalue weighted by Crippen LogP contribution is -2.14. The highest BCUT2D eigenvalue weighted by Crippen LogP contribution is 2.14. The molecule has 0 aliphatic carbocycles. The van der Waals surface area contributed by atoms with Crippen molar-refractivity contribution in [1.82, 2.24) is 19.6 Å². The zero-order valence-electron chi connectivity index (χ0n) is 9.90. The summed E-state index contributed by atoms with van der Waals surface area (Å²) < 4.78 is 1.48. The van der Waals surface area contributed by atoms with Crippen LogP contribution in [0, 0.1) is 6.92 Å². The number of halogens is 1. The molecule has 1 atom stereocenters. The van der Waals surface area contributed by atoms with E-state index in [-0.39, 0.29) is 5.69 Å². The molecule has 17 heavy (non-hydrogen) atoms. The topological polar surface area (TPSA) is 63.0 Å². The first-order chi connectivity index (χ1) is 8.11. The van der Waals surface area contributed by atoms with Crippen LogP contribution in [0.1, 0.15) is 31.3 Å². The highest BCUT2D eigenvalue weighted by atomic mass is 79.9. The number of aromatic amines is 1. The maximum atomic E-state index is 11.4. The molecule has 2 rings (SSSR count). The Labute approximate surface area is 107 Å². The second-order valence-corrected chi connectivity index (χ2v) is 5.40. The Morgan fingerprint density at radius 1 is 1.59 bits per heavy atom. The Bertz CT molecular complexity index is 574. The Kier molecular flexibility index (Phi) is 3.61. The standard InChI is InChI=1S/C11H15BrN4O/c1-3-4-8(12)5-9-6-10-14-15-11(17)16(10)7(2)13-9/h6,8H,3-5H2,1-2H3,(H,15,17). The van der Waals surface area contributed by atoms with E-state index in [1.807, 2.05) is 13.0 Å². The Balaban J connectivity index is 2.34. The van der Waals surface area contributed by atoms with Gasteiger partial charge < -0.3 is 0 Å². The summed E-state index contributed by atoms with van der Waals surface area (Å²) in [4.78, 5) is 16.3. The fourth-order valence-electron chi connectivity index (χ4n) is 1.90. The molecule has 0 fully saturated rings. The molecular formula is C11H15BrN4O. The predicted octanol–water partition coefficient (Wildman–Crippen LogP) is 1.83. The first-order valence-electron chi connectivity index (χ1n) is 5.69. The van der Waals surface area contributed by atoms with Gasteiger partial charge in [-0.1, -0.05) is 29.3 Å². The molecule has 0 bridgehead atoms. The second-order valence-electron chi connectivity index (χ2n) is 4.11. The average Bonchev–Trinajstić information content (AvgIpc) is 2.60. The van der Waals surface area contributed by atoms with Crippen LogP contribution in [-0.4, -0.2) is 24.4 Å². The van der Waals surface area contributed by atoms with E-state index in [1.165, 1.54) is 4.40 Å². The number of fused-ring (bicyclic) bond motifs is 1. The van der Waals surface area contributed by atoms with E-state index in [9.17, 15) is 4.79 Å². The number of hydrogen-bond acceptors (Lipinski definition) is 3. The van der Waals surface area contributed by atoms with Crippen LogP contribution in [0.3, 0.4) is 0 Å². The van der Waals surface area contributed by atoms with Crippen LogP contribution in [0.2, 0.25) is 0 Å². The largest absolute Gasteiger partial charge is 0.349 e. The fraction of sp³-hybridized carbons (Fsp3) is 0.545. The second kappa shape index (κ2) is 5.00. The zero-order valence-corrected chi connectivity index (χ0v) is 11.5. The monoisotopic (exact) mass is 298 g/mol. The molecule has 0 spiro atoms. The van der Waals surface area contributed by atoms with Gasteiger partial charge in [0.25, 0.3) is 0 Å². The van der Waals surface area contributed by atoms with Crippen LogP contribution < -0.4 is 5.69 Å². The highest BCUT2D eigenvalue weighted by Gasteiger charge is 2.10. The third-order valence-corrected chi connectivity index (χ3v) is 3.44. The smallest absolute Gasteiger partial charge is 0.246 e. The Hall–Kier alpha value is -1.17. The van der Waals surface area contributed by atoms with Crippen molar-refractivity contribution in [2.24, 2.45) is 0 Å². The fourth-order valence-corrected chi connectivity index (χ4v) is 2.69. The minimum absolute atomic E-state index is 0.236. The van der Waals surface area contributed by atoms with Gasteiger partial charge >= 0.3 is 5.69 Å². The summed E-state index contributed by atoms with van der Waals surface area (Å²) in [6.45, 7) is 3.97. The summed E-state index contributed by atoms with van der Waals surface area (Å²) in [7, 11) is 0. The number of H-pyrrole nitrogens is 1. The van der Waals surface area contributed by atoms with E-state index in [0.29, 0.717) is 16.3 Å². The molecule has 0 aromatic carbocycles. The van der Waals surface area contributed by atoms with Gasteiger partial charge in [0.05, 0.1) is 0 Å². The van der Waals surface area contributed by atoms with Gasteiger partial charge in [-0.2, -0.15) is 5.10 Å². The van der Waals surface area contributed by atoms with Gasteiger partial charge in [0.15, 0.2) is 5.65 Å². The summed E-state index contributed by atoms with van der Waals surface area (Å²) in [5.41, 5.74) is 1.36. The number of nitrogens with zero attached hydrogens (tertiary/aromatic N) is 3. The molecule has 0 saturated heterocycles. The Morgan fingerprint density at radius 2 is 2.35 bits per heavy atom. The van der Waals surface area contributed by atoms with Crippen molar-refractivity contribution in [2.45, 2.75) is 37.9 Å². The predicted molar refractivity (Wildman–Crippen MR) is 69.7 cm³/mol. The SMILES string of the molecule is CCCC(Br)Cc1cc2n[nH]c(=O)n2c(C)n1. The van der Waals surface area contributed by atoms with Crippen molar-refractivity contribution in [2.75, 3.05) is 0 Å². The molecule has 2 aromatic rings. The van der Waals surface area contributed by atoms with Crippen molar-refractivity contribution in [3.63, 3.8) is 0 Å². The van der Waals surface area contributed by atoms with Crippen LogP contribution in [-0.2, 0) is 6.42 Å². The average molecular weight is 299 g/mol. The molecule has 0 radical (unpaired) electrons. The van der Waals surface area contributed by atoms with E-state index in [0.717, 1.165) is 25.0 Å². The lowest BCUT2D eigenvalue weighted by Gasteiger charge is -2.08. The summed E-state index contributed by atoms with van der Waals surface area (Å²) in [5.74, 6) is 0.674. The summed E-state index contributed by atoms with van der Waals surface area (Å²) >= 11 is 3.63. The molecule has 2 aromatic heterocycles. The Morgan fingerprint density at radius 3 is 3.06 bits per heavy atom. The van der Waals surface area contributed by atoms with Crippen molar-refractivity contribution in [3.05, 3.63) is 28.1 Å². The van der Waals surface area contributed by atoms with Gasteiger partial charge in [0.2, 0.25) is 0 Å². The molecule has 1 unspecified atom stereocenters. The number of alkyl halides is 1. The van der Waals surface area contributed by atoms with E-state index >= 15 is 0 Å². The summed E-state index contributed by atoms with van der Waals surface area (Å²) in [6, 6.07) is 1.86. The minimum Gasteiger partial charge on any atom is -0.246 e. The normalized spacial score (nSPS) is 13.1. The van der Waals surface area contributed by atoms with Gasteiger partial charge in [-0.05, 0) is 13.3 Å². The number of hydrogen-bond donors (Lipinski definition) is 1. The van der Waals surface area contributed by atoms with Crippen molar-refractivity contribution in [3.8, 4) is 0 Å². The van der Waals surface area contributed by atoms with Crippen LogP contribution in [0.25, 0.3) is 5.65 Å². The molecule has 0 saturated carbocycles. The maximum Gasteiger partial charge on any atom is 0.349 e. The summed E-state index contributed by atoms with van der Waals surface area (Å²) in [5, 5.41) is 6.39. The zero-order chi connectivity index (χ0) is 12.4. The van der Waals surface area contributed by atoms with Crippen LogP contribution in [0.4, 0.5) is 0 Å². The molecule has 0 amide bonds. The summed E-state index contributed by atoms with van der Waals surface area (Å²) in [6.07, 6.45) is 3.10. The molecule has 0 aliphatic rings. The first-order valence-corrected chi connectivity index (χ1v) is 6.61. The lowest BCUT2D eigenvalue weighted by atomic mass is 10.1. The third-order valence-electron chi connectivity index (χ3n) is 2.66. The number of aryl methyl sites for hydroxylation is 1. The number of rotatable bonds is 4. The molecule has 6 heteroatoms. The van der Waals surface area contributed by atoms with Gasteiger partial charge in [-0.3, -0.25) is 0 Å². The van der Waals surface area contributed by atoms with Crippen LogP contribution >= 0.6 is 15.9 Å². The van der Waals surface area contributed by atoms with Crippen LogP contribution in [0.5, 0.6) is 0 Å². The number of nitrogens with one attached hydrogen (secondary N) is 1. The van der Waals surface area contributed by atoms with Gasteiger partial charge in [-0.15, -0.1) is 0 Å². The van der Waals surface area contributed by atoms with E-state index < -0.39 is 0 Å². The molecule has 1 N–H and O–H groups in total. The number of aromatic nitrogens is 4. The quantitative estimate of drug-likeness (QED) is 0.876. The van der Waals surface area contributed by atoms with E-state index in [4.69, 9.17) is 0 Å². The van der Waals surface area contributed by atoms with Gasteiger partial charge in [-0.25, -0.2) is 19.3 Å². The third kappa shape index (κ3) is 2.57. The van der Waals surface area contributed by atoms with Crippen molar-refractivity contribution < 1.29 is 0 Å². The van der Waals surface area contributed by atoms with E-state index in [2.05, 4.69) is 38.0 Å². The van der Waals surface area contributed by atoms with Gasteiger partial charge in [0, 0.05) is 23.0 Å². The van der Waals surface area contributed by atoms with E-state index in [1.54, 1.807) is 0 Å². The maximum absolute atomic E-state index is 11.4. The molecule has 0 aliphatic heterocycles. The highest BCUT2D eigenvalue weighted by molar-refractivity contribution is 9.09. The first kappa shape index (κ1) is 12.3. The minimum atomic E-state index is -0.236. The van der Waals surface area contributed by atoms with Crippen molar-refractivity contribution >= 4 is 21.6 Å².